The summed E-state index contributed by atoms with van der Waals surface area (Å²) in [6.07, 6.45) is -0.282. The van der Waals surface area contributed by atoms with Gasteiger partial charge in [-0.3, -0.25) is 14.8 Å². The maximum absolute atomic E-state index is 12.7. The highest BCUT2D eigenvalue weighted by Gasteiger charge is 2.31. The van der Waals surface area contributed by atoms with Gasteiger partial charge in [-0.1, -0.05) is 29.8 Å². The van der Waals surface area contributed by atoms with E-state index in [0.29, 0.717) is 23.4 Å². The van der Waals surface area contributed by atoms with Crippen LogP contribution in [0.3, 0.4) is 0 Å². The molecule has 1 fully saturated rings. The number of aryl methyl sites for hydroxylation is 1. The molecule has 4 rings (SSSR count). The van der Waals surface area contributed by atoms with Gasteiger partial charge in [0.05, 0.1) is 10.1 Å². The van der Waals surface area contributed by atoms with Crippen molar-refractivity contribution in [3.63, 3.8) is 0 Å². The fourth-order valence-corrected chi connectivity index (χ4v) is 5.65. The third-order valence-corrected chi connectivity index (χ3v) is 7.89. The maximum atomic E-state index is 12.7. The number of rotatable bonds is 7. The van der Waals surface area contributed by atoms with Crippen molar-refractivity contribution in [2.45, 2.75) is 35.3 Å². The molecule has 0 spiro atoms. The molecule has 1 saturated heterocycles. The standard InChI is InChI=1S/C24H25N3O5S2/c1-15-5-11-20(12-6-15)34(31,32)27-18-9-7-17(8-10-18)22(28)25-19-4-2-3-16(13-19)14-21-23(29)26-24(30)33-21/h2-13,21,23-24,26-27,29-30H,14H2,1H3,(H,25,28). The van der Waals surface area contributed by atoms with Gasteiger partial charge in [0.15, 0.2) is 5.56 Å². The monoisotopic (exact) mass is 499 g/mol. The molecule has 178 valence electrons. The normalized spacial score (nSPS) is 20.1. The van der Waals surface area contributed by atoms with E-state index in [1.165, 1.54) is 23.9 Å². The summed E-state index contributed by atoms with van der Waals surface area (Å²) >= 11 is 1.25. The number of benzene rings is 3. The van der Waals surface area contributed by atoms with Crippen molar-refractivity contribution in [1.29, 1.82) is 0 Å². The molecule has 3 unspecified atom stereocenters. The van der Waals surface area contributed by atoms with Crippen molar-refractivity contribution in [3.05, 3.63) is 89.5 Å². The fraction of sp³-hybridized carbons (Fsp3) is 0.208. The van der Waals surface area contributed by atoms with Gasteiger partial charge < -0.3 is 15.5 Å². The quantitative estimate of drug-likeness (QED) is 0.338. The molecule has 5 N–H and O–H groups in total. The number of sulfonamides is 1. The largest absolute Gasteiger partial charge is 0.377 e. The van der Waals surface area contributed by atoms with Crippen LogP contribution in [-0.2, 0) is 16.4 Å². The van der Waals surface area contributed by atoms with Crippen LogP contribution < -0.4 is 15.4 Å². The van der Waals surface area contributed by atoms with Crippen LogP contribution >= 0.6 is 11.8 Å². The first-order valence-corrected chi connectivity index (χ1v) is 13.0. The lowest BCUT2D eigenvalue weighted by Gasteiger charge is -2.14. The van der Waals surface area contributed by atoms with Crippen LogP contribution in [0.15, 0.2) is 77.7 Å². The van der Waals surface area contributed by atoms with Crippen LogP contribution in [0.4, 0.5) is 11.4 Å². The molecule has 3 aromatic rings. The molecule has 1 heterocycles. The predicted octanol–water partition coefficient (Wildman–Crippen LogP) is 2.89. The number of carbonyl (C=O) groups is 1. The minimum absolute atomic E-state index is 0.161. The second-order valence-corrected chi connectivity index (χ2v) is 11.0. The Kier molecular flexibility index (Phi) is 7.24. The average Bonchev–Trinajstić information content (AvgIpc) is 3.11. The number of hydrogen-bond donors (Lipinski definition) is 5. The van der Waals surface area contributed by atoms with Crippen LogP contribution in [0.25, 0.3) is 0 Å². The van der Waals surface area contributed by atoms with Gasteiger partial charge in [0.2, 0.25) is 0 Å². The van der Waals surface area contributed by atoms with E-state index in [2.05, 4.69) is 15.4 Å². The number of amides is 1. The van der Waals surface area contributed by atoms with E-state index in [4.69, 9.17) is 0 Å². The molecular weight excluding hydrogens is 474 g/mol. The van der Waals surface area contributed by atoms with Gasteiger partial charge in [-0.2, -0.15) is 0 Å². The SMILES string of the molecule is Cc1ccc(S(=O)(=O)Nc2ccc(C(=O)Nc3cccc(CC4SC(O)NC4O)c3)cc2)cc1. The summed E-state index contributed by atoms with van der Waals surface area (Å²) in [7, 11) is -3.72. The van der Waals surface area contributed by atoms with Gasteiger partial charge in [-0.05, 0) is 67.4 Å². The van der Waals surface area contributed by atoms with Gasteiger partial charge in [-0.15, -0.1) is 11.8 Å². The lowest BCUT2D eigenvalue weighted by molar-refractivity contribution is 0.0994. The zero-order chi connectivity index (χ0) is 24.3. The zero-order valence-corrected chi connectivity index (χ0v) is 19.9. The predicted molar refractivity (Wildman–Crippen MR) is 133 cm³/mol. The van der Waals surface area contributed by atoms with Gasteiger partial charge in [0.1, 0.15) is 6.23 Å². The Labute approximate surface area is 202 Å². The smallest absolute Gasteiger partial charge is 0.261 e. The summed E-state index contributed by atoms with van der Waals surface area (Å²) in [6.45, 7) is 1.88. The molecule has 34 heavy (non-hydrogen) atoms. The van der Waals surface area contributed by atoms with Crippen LogP contribution in [0, 0.1) is 6.92 Å². The molecule has 0 aliphatic carbocycles. The second kappa shape index (κ2) is 10.2. The molecule has 3 aromatic carbocycles. The minimum Gasteiger partial charge on any atom is -0.377 e. The highest BCUT2D eigenvalue weighted by atomic mass is 32.2. The van der Waals surface area contributed by atoms with Gasteiger partial charge in [-0.25, -0.2) is 8.42 Å². The molecule has 3 atom stereocenters. The molecular formula is C24H25N3O5S2. The highest BCUT2D eigenvalue weighted by molar-refractivity contribution is 8.00. The first-order chi connectivity index (χ1) is 16.2. The van der Waals surface area contributed by atoms with E-state index >= 15 is 0 Å². The number of nitrogens with one attached hydrogen (secondary N) is 3. The Morgan fingerprint density at radius 1 is 1.00 bits per heavy atom. The number of aliphatic hydroxyl groups excluding tert-OH is 2. The fourth-order valence-electron chi connectivity index (χ4n) is 3.53. The summed E-state index contributed by atoms with van der Waals surface area (Å²) in [5.74, 6) is -0.336. The molecule has 0 saturated carbocycles. The van der Waals surface area contributed by atoms with E-state index in [-0.39, 0.29) is 16.1 Å². The molecule has 0 bridgehead atoms. The first kappa shape index (κ1) is 24.2. The third-order valence-electron chi connectivity index (χ3n) is 5.32. The summed E-state index contributed by atoms with van der Waals surface area (Å²) < 4.78 is 27.6. The van der Waals surface area contributed by atoms with E-state index in [9.17, 15) is 23.4 Å². The molecule has 0 radical (unpaired) electrons. The lowest BCUT2D eigenvalue weighted by atomic mass is 10.1. The molecule has 1 aliphatic heterocycles. The summed E-state index contributed by atoms with van der Waals surface area (Å²) in [6, 6.07) is 20.0. The summed E-state index contributed by atoms with van der Waals surface area (Å²) in [4.78, 5) is 12.8. The van der Waals surface area contributed by atoms with E-state index in [1.807, 2.05) is 25.1 Å². The number of anilines is 2. The minimum atomic E-state index is -3.72. The highest BCUT2D eigenvalue weighted by Crippen LogP contribution is 2.28. The number of aliphatic hydroxyl groups is 2. The van der Waals surface area contributed by atoms with Crippen LogP contribution in [0.1, 0.15) is 21.5 Å². The Bertz CT molecular complexity index is 1260. The Morgan fingerprint density at radius 3 is 2.35 bits per heavy atom. The first-order valence-electron chi connectivity index (χ1n) is 10.6. The van der Waals surface area contributed by atoms with Gasteiger partial charge in [0.25, 0.3) is 15.9 Å². The number of hydrogen-bond acceptors (Lipinski definition) is 7. The zero-order valence-electron chi connectivity index (χ0n) is 18.3. The van der Waals surface area contributed by atoms with Gasteiger partial charge in [0, 0.05) is 16.9 Å². The number of thioether (sulfide) groups is 1. The topological polar surface area (TPSA) is 128 Å². The average molecular weight is 500 g/mol. The Morgan fingerprint density at radius 2 is 1.71 bits per heavy atom. The summed E-state index contributed by atoms with van der Waals surface area (Å²) in [5.41, 5.74) is 2.39. The van der Waals surface area contributed by atoms with E-state index < -0.39 is 21.8 Å². The third kappa shape index (κ3) is 5.96. The number of carbonyl (C=O) groups excluding carboxylic acids is 1. The molecule has 8 nitrogen and oxygen atoms in total. The van der Waals surface area contributed by atoms with Crippen molar-refractivity contribution in [1.82, 2.24) is 5.32 Å². The van der Waals surface area contributed by atoms with Crippen molar-refractivity contribution < 1.29 is 23.4 Å². The Balaban J connectivity index is 1.39. The van der Waals surface area contributed by atoms with Crippen LogP contribution in [-0.4, -0.2) is 41.6 Å². The summed E-state index contributed by atoms with van der Waals surface area (Å²) in [5, 5.41) is 24.8. The van der Waals surface area contributed by atoms with Gasteiger partial charge >= 0.3 is 0 Å². The molecule has 10 heteroatoms. The lowest BCUT2D eigenvalue weighted by Crippen LogP contribution is -2.33. The van der Waals surface area contributed by atoms with Crippen molar-refractivity contribution in [2.75, 3.05) is 10.0 Å². The van der Waals surface area contributed by atoms with E-state index in [1.54, 1.807) is 42.5 Å². The second-order valence-electron chi connectivity index (χ2n) is 7.99. The molecule has 1 amide bonds. The van der Waals surface area contributed by atoms with Crippen LogP contribution in [0.2, 0.25) is 0 Å². The maximum Gasteiger partial charge on any atom is 0.261 e. The van der Waals surface area contributed by atoms with Crippen molar-refractivity contribution in [3.8, 4) is 0 Å². The van der Waals surface area contributed by atoms with E-state index in [0.717, 1.165) is 11.1 Å². The molecule has 1 aliphatic rings. The van der Waals surface area contributed by atoms with Crippen molar-refractivity contribution >= 4 is 39.1 Å². The Hall–Kier alpha value is -2.89. The van der Waals surface area contributed by atoms with Crippen molar-refractivity contribution in [2.24, 2.45) is 0 Å². The molecule has 0 aromatic heterocycles. The van der Waals surface area contributed by atoms with Crippen LogP contribution in [0.5, 0.6) is 0 Å².